The van der Waals surface area contributed by atoms with E-state index < -0.39 is 0 Å². The molecule has 1 aromatic rings. The van der Waals surface area contributed by atoms with Crippen LogP contribution in [0, 0.1) is 0 Å². The Bertz CT molecular complexity index is 264. The maximum Gasteiger partial charge on any atom is 0.105 e. The number of aromatic nitrogens is 2. The van der Waals surface area contributed by atoms with Gasteiger partial charge in [0, 0.05) is 26.8 Å². The van der Waals surface area contributed by atoms with Gasteiger partial charge in [-0.05, 0) is 13.0 Å². The first-order valence-electron chi connectivity index (χ1n) is 3.97. The molecule has 0 aliphatic heterocycles. The Morgan fingerprint density at radius 1 is 1.75 bits per heavy atom. The lowest BCUT2D eigenvalue weighted by molar-refractivity contribution is 0.377. The molecule has 0 aromatic carbocycles. The number of rotatable bonds is 3. The van der Waals surface area contributed by atoms with Crippen LogP contribution in [0.2, 0.25) is 0 Å². The van der Waals surface area contributed by atoms with Crippen LogP contribution in [0.15, 0.2) is 17.4 Å². The lowest BCUT2D eigenvalue weighted by Crippen LogP contribution is -2.09. The van der Waals surface area contributed by atoms with Crippen LogP contribution in [0.3, 0.4) is 0 Å². The molecule has 1 rings (SSSR count). The topological polar surface area (TPSA) is 33.4 Å². The summed E-state index contributed by atoms with van der Waals surface area (Å²) < 4.78 is 1.76. The molecular formula is C8H14N4. The average molecular weight is 166 g/mol. The Hall–Kier alpha value is -1.32. The first-order chi connectivity index (χ1) is 5.72. The van der Waals surface area contributed by atoms with Crippen LogP contribution in [0.1, 0.15) is 12.6 Å². The second kappa shape index (κ2) is 3.90. The lowest BCUT2D eigenvalue weighted by atomic mass is 10.5. The number of nitrogens with zero attached hydrogens (tertiary/aromatic N) is 4. The zero-order valence-electron chi connectivity index (χ0n) is 7.73. The van der Waals surface area contributed by atoms with Crippen LogP contribution in [0.4, 0.5) is 0 Å². The monoisotopic (exact) mass is 166 g/mol. The third kappa shape index (κ3) is 2.38. The van der Waals surface area contributed by atoms with Gasteiger partial charge in [0.15, 0.2) is 0 Å². The molecule has 4 nitrogen and oxygen atoms in total. The van der Waals surface area contributed by atoms with E-state index in [1.807, 2.05) is 31.4 Å². The Morgan fingerprint density at radius 3 is 3.00 bits per heavy atom. The number of hydrazone groups is 1. The van der Waals surface area contributed by atoms with Gasteiger partial charge in [-0.3, -0.25) is 4.68 Å². The molecule has 0 saturated carbocycles. The largest absolute Gasteiger partial charge is 0.300 e. The van der Waals surface area contributed by atoms with Crippen molar-refractivity contribution in [2.45, 2.75) is 6.92 Å². The molecule has 1 heterocycles. The molecule has 0 unspecified atom stereocenters. The average Bonchev–Trinajstić information content (AvgIpc) is 2.47. The second-order valence-corrected chi connectivity index (χ2v) is 2.63. The van der Waals surface area contributed by atoms with E-state index in [0.29, 0.717) is 0 Å². The highest BCUT2D eigenvalue weighted by molar-refractivity contribution is 5.76. The first kappa shape index (κ1) is 8.77. The van der Waals surface area contributed by atoms with Crippen LogP contribution >= 0.6 is 0 Å². The molecule has 0 radical (unpaired) electrons. The fraction of sp³-hybridized carbons (Fsp3) is 0.500. The summed E-state index contributed by atoms with van der Waals surface area (Å²) in [7, 11) is 3.82. The fourth-order valence-corrected chi connectivity index (χ4v) is 0.741. The third-order valence-electron chi connectivity index (χ3n) is 1.58. The molecule has 12 heavy (non-hydrogen) atoms. The van der Waals surface area contributed by atoms with Crippen molar-refractivity contribution in [3.05, 3.63) is 18.0 Å². The molecular weight excluding hydrogens is 152 g/mol. The summed E-state index contributed by atoms with van der Waals surface area (Å²) in [5.74, 6) is 0. The number of hydrogen-bond donors (Lipinski definition) is 0. The van der Waals surface area contributed by atoms with Gasteiger partial charge in [0.1, 0.15) is 5.69 Å². The molecule has 0 spiro atoms. The predicted octanol–water partition coefficient (Wildman–Crippen LogP) is 0.706. The number of aryl methyl sites for hydroxylation is 1. The number of hydrogen-bond acceptors (Lipinski definition) is 3. The van der Waals surface area contributed by atoms with E-state index in [9.17, 15) is 0 Å². The van der Waals surface area contributed by atoms with Gasteiger partial charge in [0.2, 0.25) is 0 Å². The minimum Gasteiger partial charge on any atom is -0.300 e. The van der Waals surface area contributed by atoms with E-state index in [4.69, 9.17) is 0 Å². The van der Waals surface area contributed by atoms with Crippen LogP contribution < -0.4 is 0 Å². The molecule has 66 valence electrons. The van der Waals surface area contributed by atoms with E-state index in [2.05, 4.69) is 17.1 Å². The molecule has 0 fully saturated rings. The van der Waals surface area contributed by atoms with Crippen molar-refractivity contribution in [1.29, 1.82) is 0 Å². The zero-order valence-corrected chi connectivity index (χ0v) is 7.73. The molecule has 0 atom stereocenters. The van der Waals surface area contributed by atoms with Crippen LogP contribution in [-0.2, 0) is 7.05 Å². The van der Waals surface area contributed by atoms with Gasteiger partial charge < -0.3 is 5.01 Å². The summed E-state index contributed by atoms with van der Waals surface area (Å²) in [4.78, 5) is 0. The molecule has 4 heteroatoms. The third-order valence-corrected chi connectivity index (χ3v) is 1.58. The van der Waals surface area contributed by atoms with Crippen molar-refractivity contribution in [2.24, 2.45) is 12.1 Å². The van der Waals surface area contributed by atoms with Gasteiger partial charge in [-0.2, -0.15) is 10.2 Å². The van der Waals surface area contributed by atoms with E-state index >= 15 is 0 Å². The Kier molecular flexibility index (Phi) is 2.85. The van der Waals surface area contributed by atoms with E-state index in [1.54, 1.807) is 10.9 Å². The minimum absolute atomic E-state index is 0.887. The SMILES string of the molecule is CCN(C)/N=C/c1ccn(C)n1. The van der Waals surface area contributed by atoms with Gasteiger partial charge in [-0.15, -0.1) is 0 Å². The highest BCUT2D eigenvalue weighted by atomic mass is 15.4. The zero-order chi connectivity index (χ0) is 8.97. The molecule has 1 aromatic heterocycles. The maximum absolute atomic E-state index is 4.16. The van der Waals surface area contributed by atoms with Crippen molar-refractivity contribution in [1.82, 2.24) is 14.8 Å². The van der Waals surface area contributed by atoms with E-state index in [0.717, 1.165) is 12.2 Å². The molecule has 0 aliphatic carbocycles. The van der Waals surface area contributed by atoms with Crippen molar-refractivity contribution in [3.63, 3.8) is 0 Å². The summed E-state index contributed by atoms with van der Waals surface area (Å²) in [5, 5.41) is 10.2. The molecule has 0 amide bonds. The standard InChI is InChI=1S/C8H14N4/c1-4-11(2)9-7-8-5-6-12(3)10-8/h5-7H,4H2,1-3H3/b9-7+. The highest BCUT2D eigenvalue weighted by Crippen LogP contribution is 1.90. The van der Waals surface area contributed by atoms with Gasteiger partial charge in [0.25, 0.3) is 0 Å². The van der Waals surface area contributed by atoms with Crippen LogP contribution in [0.25, 0.3) is 0 Å². The molecule has 0 N–H and O–H groups in total. The van der Waals surface area contributed by atoms with Crippen LogP contribution in [0.5, 0.6) is 0 Å². The summed E-state index contributed by atoms with van der Waals surface area (Å²) in [6, 6.07) is 1.92. The normalized spacial score (nSPS) is 10.9. The summed E-state index contributed by atoms with van der Waals surface area (Å²) in [6.07, 6.45) is 3.65. The van der Waals surface area contributed by atoms with Crippen molar-refractivity contribution < 1.29 is 0 Å². The Morgan fingerprint density at radius 2 is 2.50 bits per heavy atom. The summed E-state index contributed by atoms with van der Waals surface area (Å²) in [5.41, 5.74) is 0.887. The van der Waals surface area contributed by atoms with Crippen molar-refractivity contribution in [3.8, 4) is 0 Å². The Balaban J connectivity index is 2.57. The van der Waals surface area contributed by atoms with E-state index in [1.165, 1.54) is 0 Å². The molecule has 0 saturated heterocycles. The highest BCUT2D eigenvalue weighted by Gasteiger charge is 1.91. The van der Waals surface area contributed by atoms with E-state index in [-0.39, 0.29) is 0 Å². The fourth-order valence-electron chi connectivity index (χ4n) is 0.741. The quantitative estimate of drug-likeness (QED) is 0.489. The van der Waals surface area contributed by atoms with Gasteiger partial charge >= 0.3 is 0 Å². The molecule has 0 bridgehead atoms. The first-order valence-corrected chi connectivity index (χ1v) is 3.97. The predicted molar refractivity (Wildman–Crippen MR) is 49.1 cm³/mol. The summed E-state index contributed by atoms with van der Waals surface area (Å²) >= 11 is 0. The summed E-state index contributed by atoms with van der Waals surface area (Å²) in [6.45, 7) is 2.96. The van der Waals surface area contributed by atoms with Gasteiger partial charge in [-0.25, -0.2) is 0 Å². The molecule has 0 aliphatic rings. The van der Waals surface area contributed by atoms with Crippen molar-refractivity contribution in [2.75, 3.05) is 13.6 Å². The lowest BCUT2D eigenvalue weighted by Gasteiger charge is -2.06. The van der Waals surface area contributed by atoms with Gasteiger partial charge in [-0.1, -0.05) is 0 Å². The maximum atomic E-state index is 4.16. The van der Waals surface area contributed by atoms with Gasteiger partial charge in [0.05, 0.1) is 6.21 Å². The van der Waals surface area contributed by atoms with Crippen LogP contribution in [-0.4, -0.2) is 34.6 Å². The Labute approximate surface area is 72.5 Å². The smallest absolute Gasteiger partial charge is 0.105 e. The minimum atomic E-state index is 0.887. The van der Waals surface area contributed by atoms with Crippen molar-refractivity contribution >= 4 is 6.21 Å². The second-order valence-electron chi connectivity index (χ2n) is 2.63.